The van der Waals surface area contributed by atoms with E-state index in [-0.39, 0.29) is 5.91 Å². The lowest BCUT2D eigenvalue weighted by Gasteiger charge is -2.09. The predicted molar refractivity (Wildman–Crippen MR) is 84.3 cm³/mol. The molecule has 110 valence electrons. The molecule has 2 rings (SSSR count). The van der Waals surface area contributed by atoms with E-state index in [1.807, 2.05) is 0 Å². The van der Waals surface area contributed by atoms with Crippen LogP contribution in [-0.4, -0.2) is 20.6 Å². The molecule has 7 heteroatoms. The van der Waals surface area contributed by atoms with Gasteiger partial charge in [-0.3, -0.25) is 9.52 Å². The second-order valence-electron chi connectivity index (χ2n) is 4.39. The number of halogens is 1. The third-order valence-corrected chi connectivity index (χ3v) is 3.49. The molecule has 0 aliphatic rings. The van der Waals surface area contributed by atoms with Gasteiger partial charge in [0.25, 0.3) is 5.91 Å². The lowest BCUT2D eigenvalue weighted by Crippen LogP contribution is -2.14. The zero-order valence-corrected chi connectivity index (χ0v) is 12.7. The van der Waals surface area contributed by atoms with E-state index in [9.17, 15) is 13.2 Å². The van der Waals surface area contributed by atoms with Gasteiger partial charge in [0.2, 0.25) is 10.0 Å². The average molecular weight is 325 g/mol. The van der Waals surface area contributed by atoms with Gasteiger partial charge in [0, 0.05) is 11.3 Å². The highest BCUT2D eigenvalue weighted by Gasteiger charge is 2.10. The van der Waals surface area contributed by atoms with Crippen molar-refractivity contribution in [3.63, 3.8) is 0 Å². The summed E-state index contributed by atoms with van der Waals surface area (Å²) in [5.74, 6) is -0.375. The number of amides is 1. The molecule has 0 bridgehead atoms. The Hall–Kier alpha value is -2.05. The molecule has 21 heavy (non-hydrogen) atoms. The number of sulfonamides is 1. The van der Waals surface area contributed by atoms with Gasteiger partial charge in [0.15, 0.2) is 0 Å². The molecule has 0 radical (unpaired) electrons. The largest absolute Gasteiger partial charge is 0.321 e. The minimum atomic E-state index is -3.39. The van der Waals surface area contributed by atoms with Gasteiger partial charge in [0.1, 0.15) is 0 Å². The van der Waals surface area contributed by atoms with Gasteiger partial charge in [0.05, 0.1) is 17.0 Å². The van der Waals surface area contributed by atoms with Gasteiger partial charge < -0.3 is 5.32 Å². The topological polar surface area (TPSA) is 75.3 Å². The number of hydrogen-bond donors (Lipinski definition) is 2. The maximum absolute atomic E-state index is 12.1. The van der Waals surface area contributed by atoms with Crippen molar-refractivity contribution >= 4 is 38.9 Å². The molecule has 0 aliphatic heterocycles. The van der Waals surface area contributed by atoms with Crippen molar-refractivity contribution in [2.45, 2.75) is 0 Å². The fourth-order valence-electron chi connectivity index (χ4n) is 1.70. The number of hydrogen-bond acceptors (Lipinski definition) is 3. The van der Waals surface area contributed by atoms with Gasteiger partial charge in [-0.1, -0.05) is 29.8 Å². The van der Waals surface area contributed by atoms with Gasteiger partial charge in [-0.05, 0) is 30.3 Å². The van der Waals surface area contributed by atoms with Crippen LogP contribution in [0.2, 0.25) is 5.02 Å². The van der Waals surface area contributed by atoms with E-state index in [1.165, 1.54) is 6.07 Å². The molecule has 0 unspecified atom stereocenters. The first-order valence-electron chi connectivity index (χ1n) is 5.99. The number of benzene rings is 2. The van der Waals surface area contributed by atoms with Crippen LogP contribution in [0, 0.1) is 0 Å². The zero-order valence-electron chi connectivity index (χ0n) is 11.1. The number of rotatable bonds is 4. The van der Waals surface area contributed by atoms with Crippen LogP contribution in [-0.2, 0) is 10.0 Å². The van der Waals surface area contributed by atoms with E-state index >= 15 is 0 Å². The smallest absolute Gasteiger partial charge is 0.255 e. The molecule has 0 atom stereocenters. The van der Waals surface area contributed by atoms with E-state index in [4.69, 9.17) is 11.6 Å². The van der Waals surface area contributed by atoms with Crippen LogP contribution < -0.4 is 10.0 Å². The lowest BCUT2D eigenvalue weighted by atomic mass is 10.2. The molecule has 0 aromatic heterocycles. The molecule has 0 spiro atoms. The Labute approximate surface area is 128 Å². The molecular weight excluding hydrogens is 312 g/mol. The molecule has 1 amide bonds. The quantitative estimate of drug-likeness (QED) is 0.908. The number of para-hydroxylation sites is 1. The summed E-state index contributed by atoms with van der Waals surface area (Å²) in [7, 11) is -3.39. The van der Waals surface area contributed by atoms with Crippen molar-refractivity contribution in [1.82, 2.24) is 0 Å². The molecule has 0 fully saturated rings. The van der Waals surface area contributed by atoms with Crippen LogP contribution in [0.3, 0.4) is 0 Å². The first kappa shape index (κ1) is 15.3. The summed E-state index contributed by atoms with van der Waals surface area (Å²) in [5, 5.41) is 3.10. The van der Waals surface area contributed by atoms with Crippen molar-refractivity contribution in [3.8, 4) is 0 Å². The Balaban J connectivity index is 2.20. The molecule has 2 aromatic carbocycles. The summed E-state index contributed by atoms with van der Waals surface area (Å²) in [6.07, 6.45) is 1.05. The summed E-state index contributed by atoms with van der Waals surface area (Å²) >= 11 is 5.97. The van der Waals surface area contributed by atoms with Gasteiger partial charge in [-0.2, -0.15) is 0 Å². The summed E-state index contributed by atoms with van der Waals surface area (Å²) < 4.78 is 24.7. The molecule has 0 aliphatic carbocycles. The van der Waals surface area contributed by atoms with Crippen molar-refractivity contribution in [2.75, 3.05) is 16.3 Å². The van der Waals surface area contributed by atoms with Gasteiger partial charge in [-0.25, -0.2) is 8.42 Å². The van der Waals surface area contributed by atoms with E-state index in [0.717, 1.165) is 6.26 Å². The maximum Gasteiger partial charge on any atom is 0.255 e. The van der Waals surface area contributed by atoms with Crippen LogP contribution in [0.25, 0.3) is 0 Å². The standard InChI is InChI=1S/C14H13ClN2O3S/c1-21(19,20)17-11-6-4-5-10(9-11)14(18)16-13-8-3-2-7-12(13)15/h2-9,17H,1H3,(H,16,18). The molecular formula is C14H13ClN2O3S. The molecule has 0 saturated carbocycles. The minimum absolute atomic E-state index is 0.323. The third kappa shape index (κ3) is 4.47. The lowest BCUT2D eigenvalue weighted by molar-refractivity contribution is 0.102. The second-order valence-corrected chi connectivity index (χ2v) is 6.54. The van der Waals surface area contributed by atoms with Crippen molar-refractivity contribution < 1.29 is 13.2 Å². The normalized spacial score (nSPS) is 11.0. The van der Waals surface area contributed by atoms with Crippen LogP contribution in [0.4, 0.5) is 11.4 Å². The maximum atomic E-state index is 12.1. The molecule has 0 saturated heterocycles. The molecule has 0 heterocycles. The van der Waals surface area contributed by atoms with Crippen LogP contribution in [0.5, 0.6) is 0 Å². The average Bonchev–Trinajstić information content (AvgIpc) is 2.39. The van der Waals surface area contributed by atoms with Gasteiger partial charge in [-0.15, -0.1) is 0 Å². The van der Waals surface area contributed by atoms with E-state index in [1.54, 1.807) is 42.5 Å². The first-order valence-corrected chi connectivity index (χ1v) is 8.26. The fraction of sp³-hybridized carbons (Fsp3) is 0.0714. The van der Waals surface area contributed by atoms with Crippen molar-refractivity contribution in [2.24, 2.45) is 0 Å². The van der Waals surface area contributed by atoms with E-state index < -0.39 is 10.0 Å². The molecule has 2 aromatic rings. The summed E-state index contributed by atoms with van der Waals surface area (Å²) in [6.45, 7) is 0. The Morgan fingerprint density at radius 1 is 1.10 bits per heavy atom. The third-order valence-electron chi connectivity index (χ3n) is 2.55. The summed E-state index contributed by atoms with van der Waals surface area (Å²) in [6, 6.07) is 13.0. The van der Waals surface area contributed by atoms with Crippen molar-refractivity contribution in [1.29, 1.82) is 0 Å². The minimum Gasteiger partial charge on any atom is -0.321 e. The predicted octanol–water partition coefficient (Wildman–Crippen LogP) is 2.96. The monoisotopic (exact) mass is 324 g/mol. The highest BCUT2D eigenvalue weighted by atomic mass is 35.5. The number of carbonyl (C=O) groups is 1. The highest BCUT2D eigenvalue weighted by Crippen LogP contribution is 2.21. The number of nitrogens with one attached hydrogen (secondary N) is 2. The summed E-state index contributed by atoms with van der Waals surface area (Å²) in [5.41, 5.74) is 1.14. The zero-order chi connectivity index (χ0) is 15.5. The van der Waals surface area contributed by atoms with E-state index in [2.05, 4.69) is 10.0 Å². The van der Waals surface area contributed by atoms with Crippen molar-refractivity contribution in [3.05, 3.63) is 59.1 Å². The Morgan fingerprint density at radius 3 is 2.48 bits per heavy atom. The van der Waals surface area contributed by atoms with Crippen LogP contribution in [0.1, 0.15) is 10.4 Å². The fourth-order valence-corrected chi connectivity index (χ4v) is 2.43. The summed E-state index contributed by atoms with van der Waals surface area (Å²) in [4.78, 5) is 12.1. The van der Waals surface area contributed by atoms with Gasteiger partial charge >= 0.3 is 0 Å². The van der Waals surface area contributed by atoms with Crippen LogP contribution >= 0.6 is 11.6 Å². The number of carbonyl (C=O) groups excluding carboxylic acids is 1. The first-order chi connectivity index (χ1) is 9.85. The highest BCUT2D eigenvalue weighted by molar-refractivity contribution is 7.92. The Bertz CT molecular complexity index is 775. The molecule has 5 nitrogen and oxygen atoms in total. The van der Waals surface area contributed by atoms with E-state index in [0.29, 0.717) is 22.0 Å². The SMILES string of the molecule is CS(=O)(=O)Nc1cccc(C(=O)Nc2ccccc2Cl)c1. The molecule has 2 N–H and O–H groups in total. The Morgan fingerprint density at radius 2 is 1.81 bits per heavy atom. The van der Waals surface area contributed by atoms with Crippen LogP contribution in [0.15, 0.2) is 48.5 Å². The Kier molecular flexibility index (Phi) is 4.50. The number of anilines is 2. The second kappa shape index (κ2) is 6.15.